The third kappa shape index (κ3) is 4.25. The Labute approximate surface area is 140 Å². The van der Waals surface area contributed by atoms with Crippen LogP contribution in [0.15, 0.2) is 12.1 Å². The number of nitrogens with one attached hydrogen (secondary N) is 1. The maximum absolute atomic E-state index is 12.5. The number of hydrogen-bond donors (Lipinski definition) is 1. The van der Waals surface area contributed by atoms with Crippen molar-refractivity contribution in [2.45, 2.75) is 45.0 Å². The maximum Gasteiger partial charge on any atom is 0.471 e. The van der Waals surface area contributed by atoms with Gasteiger partial charge in [0.2, 0.25) is 0 Å². The van der Waals surface area contributed by atoms with E-state index in [4.69, 9.17) is 4.74 Å². The van der Waals surface area contributed by atoms with Crippen LogP contribution in [-0.4, -0.2) is 23.0 Å². The third-order valence-electron chi connectivity index (χ3n) is 3.87. The number of alkyl halides is 3. The van der Waals surface area contributed by atoms with Crippen molar-refractivity contribution < 1.29 is 32.4 Å². The Morgan fingerprint density at radius 2 is 2.08 bits per heavy atom. The summed E-state index contributed by atoms with van der Waals surface area (Å²) < 4.78 is 42.2. The molecule has 1 aliphatic rings. The van der Waals surface area contributed by atoms with Crippen molar-refractivity contribution >= 4 is 17.6 Å². The summed E-state index contributed by atoms with van der Waals surface area (Å²) in [4.78, 5) is 32.9. The van der Waals surface area contributed by atoms with E-state index in [2.05, 4.69) is 0 Å². The number of carbonyl (C=O) groups excluding carboxylic acids is 2. The molecular weight excluding hydrogens is 345 g/mol. The molecule has 0 aliphatic heterocycles. The summed E-state index contributed by atoms with van der Waals surface area (Å²) in [6.07, 6.45) is -4.11. The van der Waals surface area contributed by atoms with Crippen LogP contribution >= 0.6 is 0 Å². The van der Waals surface area contributed by atoms with E-state index in [1.807, 2.05) is 5.32 Å². The molecule has 1 aromatic rings. The normalized spacial score (nSPS) is 16.7. The average molecular weight is 360 g/mol. The van der Waals surface area contributed by atoms with Crippen molar-refractivity contribution in [3.63, 3.8) is 0 Å². The second-order valence-corrected chi connectivity index (χ2v) is 5.59. The first-order valence-corrected chi connectivity index (χ1v) is 7.41. The van der Waals surface area contributed by atoms with Crippen LogP contribution in [0.25, 0.3) is 0 Å². The highest BCUT2D eigenvalue weighted by atomic mass is 19.4. The summed E-state index contributed by atoms with van der Waals surface area (Å²) in [5.74, 6) is -2.70. The van der Waals surface area contributed by atoms with Crippen LogP contribution < -0.4 is 5.32 Å². The lowest BCUT2D eigenvalue weighted by atomic mass is 9.85. The number of benzene rings is 1. The van der Waals surface area contributed by atoms with E-state index >= 15 is 0 Å². The second kappa shape index (κ2) is 7.08. The van der Waals surface area contributed by atoms with E-state index in [0.29, 0.717) is 6.42 Å². The Morgan fingerprint density at radius 1 is 1.40 bits per heavy atom. The van der Waals surface area contributed by atoms with Crippen molar-refractivity contribution in [2.24, 2.45) is 0 Å². The van der Waals surface area contributed by atoms with Gasteiger partial charge < -0.3 is 10.1 Å². The molecule has 10 heteroatoms. The van der Waals surface area contributed by atoms with Gasteiger partial charge in [-0.3, -0.25) is 19.7 Å². The number of hydrogen-bond acceptors (Lipinski definition) is 5. The molecule has 0 fully saturated rings. The topological polar surface area (TPSA) is 98.5 Å². The van der Waals surface area contributed by atoms with Crippen molar-refractivity contribution in [2.75, 3.05) is 0 Å². The highest BCUT2D eigenvalue weighted by Gasteiger charge is 2.41. The van der Waals surface area contributed by atoms with E-state index in [1.165, 1.54) is 12.1 Å². The number of halogens is 3. The minimum absolute atomic E-state index is 0.154. The number of carbonyl (C=O) groups is 2. The van der Waals surface area contributed by atoms with Gasteiger partial charge in [0.25, 0.3) is 5.69 Å². The number of rotatable bonds is 4. The van der Waals surface area contributed by atoms with Gasteiger partial charge in [0.05, 0.1) is 16.5 Å². The van der Waals surface area contributed by atoms with Crippen molar-refractivity contribution in [1.82, 2.24) is 5.32 Å². The van der Waals surface area contributed by atoms with E-state index in [9.17, 15) is 32.9 Å². The lowest BCUT2D eigenvalue weighted by Gasteiger charge is -2.27. The maximum atomic E-state index is 12.5. The first-order valence-electron chi connectivity index (χ1n) is 7.41. The number of nitro benzene ring substituents is 1. The average Bonchev–Trinajstić information content (AvgIpc) is 2.51. The lowest BCUT2D eigenvalue weighted by Crippen LogP contribution is -2.40. The Hall–Kier alpha value is -2.65. The minimum atomic E-state index is -5.03. The Morgan fingerprint density at radius 3 is 2.64 bits per heavy atom. The lowest BCUT2D eigenvalue weighted by molar-refractivity contribution is -0.386. The van der Waals surface area contributed by atoms with Crippen LogP contribution in [-0.2, 0) is 27.4 Å². The summed E-state index contributed by atoms with van der Waals surface area (Å²) in [5.41, 5.74) is 0.405. The summed E-state index contributed by atoms with van der Waals surface area (Å²) in [6.45, 7) is 0.853. The molecule has 0 aromatic heterocycles. The first kappa shape index (κ1) is 18.7. The molecule has 0 unspecified atom stereocenters. The molecule has 0 saturated heterocycles. The number of esters is 1. The smallest absolute Gasteiger partial charge is 0.461 e. The summed E-state index contributed by atoms with van der Waals surface area (Å²) in [6, 6.07) is 1.80. The van der Waals surface area contributed by atoms with Crippen LogP contribution in [0.2, 0.25) is 0 Å². The number of nitro groups is 1. The standard InChI is InChI=1S/C15H15F3N2O5/c1-8(21)25-7-9-5-6-10-11(13(9)20(23)24)3-2-4-12(10)19-14(22)15(16,17)18/h5-6,12H,2-4,7H2,1H3,(H,19,22)/t12-/m1/s1. The number of fused-ring (bicyclic) bond motifs is 1. The Bertz CT molecular complexity index is 718. The van der Waals surface area contributed by atoms with Gasteiger partial charge in [-0.1, -0.05) is 6.07 Å². The van der Waals surface area contributed by atoms with Crippen LogP contribution in [0.1, 0.15) is 42.5 Å². The third-order valence-corrected chi connectivity index (χ3v) is 3.87. The zero-order valence-corrected chi connectivity index (χ0v) is 13.2. The van der Waals surface area contributed by atoms with Crippen LogP contribution in [0.4, 0.5) is 18.9 Å². The highest BCUT2D eigenvalue weighted by molar-refractivity contribution is 5.82. The molecule has 0 radical (unpaired) electrons. The molecule has 1 N–H and O–H groups in total. The highest BCUT2D eigenvalue weighted by Crippen LogP contribution is 2.38. The summed E-state index contributed by atoms with van der Waals surface area (Å²) in [7, 11) is 0. The molecule has 1 atom stereocenters. The molecule has 0 bridgehead atoms. The summed E-state index contributed by atoms with van der Waals surface area (Å²) in [5, 5.41) is 13.3. The molecule has 0 heterocycles. The number of ether oxygens (including phenoxy) is 1. The molecule has 1 aliphatic carbocycles. The van der Waals surface area contributed by atoms with E-state index < -0.39 is 29.0 Å². The van der Waals surface area contributed by atoms with Gasteiger partial charge in [-0.15, -0.1) is 0 Å². The van der Waals surface area contributed by atoms with Gasteiger partial charge in [0.15, 0.2) is 0 Å². The zero-order chi connectivity index (χ0) is 18.8. The fourth-order valence-electron chi connectivity index (χ4n) is 2.84. The monoisotopic (exact) mass is 360 g/mol. The molecule has 0 saturated carbocycles. The van der Waals surface area contributed by atoms with E-state index in [-0.39, 0.29) is 41.8 Å². The number of nitrogens with zero attached hydrogens (tertiary/aromatic N) is 1. The van der Waals surface area contributed by atoms with Gasteiger partial charge in [0.1, 0.15) is 6.61 Å². The number of amides is 1. The molecular formula is C15H15F3N2O5. The first-order chi connectivity index (χ1) is 11.6. The molecule has 1 aromatic carbocycles. The van der Waals surface area contributed by atoms with Crippen LogP contribution in [0.5, 0.6) is 0 Å². The second-order valence-electron chi connectivity index (χ2n) is 5.59. The fraction of sp³-hybridized carbons (Fsp3) is 0.467. The van der Waals surface area contributed by atoms with Crippen molar-refractivity contribution in [3.05, 3.63) is 38.9 Å². The molecule has 25 heavy (non-hydrogen) atoms. The molecule has 2 rings (SSSR count). The summed E-state index contributed by atoms with van der Waals surface area (Å²) >= 11 is 0. The van der Waals surface area contributed by atoms with Gasteiger partial charge in [-0.25, -0.2) is 0 Å². The van der Waals surface area contributed by atoms with Crippen LogP contribution in [0, 0.1) is 10.1 Å². The molecule has 0 spiro atoms. The predicted molar refractivity (Wildman–Crippen MR) is 78.4 cm³/mol. The van der Waals surface area contributed by atoms with E-state index in [1.54, 1.807) is 0 Å². The van der Waals surface area contributed by atoms with Crippen molar-refractivity contribution in [3.8, 4) is 0 Å². The van der Waals surface area contributed by atoms with Gasteiger partial charge in [-0.2, -0.15) is 13.2 Å². The van der Waals surface area contributed by atoms with Gasteiger partial charge in [-0.05, 0) is 30.9 Å². The van der Waals surface area contributed by atoms with Crippen molar-refractivity contribution in [1.29, 1.82) is 0 Å². The largest absolute Gasteiger partial charge is 0.471 e. The molecule has 7 nitrogen and oxygen atoms in total. The Kier molecular flexibility index (Phi) is 5.29. The fourth-order valence-corrected chi connectivity index (χ4v) is 2.84. The Balaban J connectivity index is 2.39. The molecule has 1 amide bonds. The van der Waals surface area contributed by atoms with Gasteiger partial charge in [0, 0.05) is 12.5 Å². The molecule has 136 valence electrons. The zero-order valence-electron chi connectivity index (χ0n) is 13.2. The minimum Gasteiger partial charge on any atom is -0.461 e. The van der Waals surface area contributed by atoms with Crippen LogP contribution in [0.3, 0.4) is 0 Å². The quantitative estimate of drug-likeness (QED) is 0.506. The SMILES string of the molecule is CC(=O)OCc1ccc2c(c1[N+](=O)[O-])CCC[C@H]2NC(=O)C(F)(F)F. The predicted octanol–water partition coefficient (Wildman–Crippen LogP) is 2.71. The van der Waals surface area contributed by atoms with E-state index in [0.717, 1.165) is 6.92 Å². The van der Waals surface area contributed by atoms with Gasteiger partial charge >= 0.3 is 18.1 Å².